The molecule has 3 aromatic rings. The standard InChI is InChI=1S/C19H12N2O5/c22-19-18(14-3-1-2-4-15(14)26-19)16-11-20-17(25-16)10-7-12-5-8-13(9-6-12)21(23)24/h1-11,18H/b10-7+. The minimum absolute atomic E-state index is 0.0268. The molecule has 1 aromatic heterocycles. The Morgan fingerprint density at radius 1 is 1.08 bits per heavy atom. The van der Waals surface area contributed by atoms with Crippen molar-refractivity contribution < 1.29 is 18.9 Å². The molecule has 0 amide bonds. The van der Waals surface area contributed by atoms with Gasteiger partial charge in [-0.05, 0) is 29.8 Å². The highest BCUT2D eigenvalue weighted by Gasteiger charge is 2.36. The summed E-state index contributed by atoms with van der Waals surface area (Å²) in [6.45, 7) is 0. The average Bonchev–Trinajstić information content (AvgIpc) is 3.23. The third-order valence-corrected chi connectivity index (χ3v) is 4.02. The van der Waals surface area contributed by atoms with Gasteiger partial charge in [-0.25, -0.2) is 4.98 Å². The Hall–Kier alpha value is -3.74. The molecule has 0 radical (unpaired) electrons. The molecule has 26 heavy (non-hydrogen) atoms. The van der Waals surface area contributed by atoms with Crippen molar-refractivity contribution in [2.24, 2.45) is 0 Å². The summed E-state index contributed by atoms with van der Waals surface area (Å²) < 4.78 is 10.9. The number of oxazole rings is 1. The van der Waals surface area contributed by atoms with Crippen LogP contribution in [0.25, 0.3) is 12.2 Å². The number of para-hydroxylation sites is 1. The van der Waals surface area contributed by atoms with Crippen molar-refractivity contribution in [2.45, 2.75) is 5.92 Å². The first kappa shape index (κ1) is 15.8. The first-order valence-corrected chi connectivity index (χ1v) is 7.81. The molecule has 7 nitrogen and oxygen atoms in total. The predicted octanol–water partition coefficient (Wildman–Crippen LogP) is 3.80. The highest BCUT2D eigenvalue weighted by Crippen LogP contribution is 2.39. The topological polar surface area (TPSA) is 95.5 Å². The number of esters is 1. The van der Waals surface area contributed by atoms with Crippen LogP contribution in [0.15, 0.2) is 59.1 Å². The number of hydrogen-bond acceptors (Lipinski definition) is 6. The number of carbonyl (C=O) groups is 1. The van der Waals surface area contributed by atoms with E-state index in [-0.39, 0.29) is 5.69 Å². The van der Waals surface area contributed by atoms with Crippen LogP contribution in [0.2, 0.25) is 0 Å². The zero-order chi connectivity index (χ0) is 18.1. The molecule has 7 heteroatoms. The Kier molecular flexibility index (Phi) is 3.81. The number of nitro benzene ring substituents is 1. The van der Waals surface area contributed by atoms with Gasteiger partial charge in [0.1, 0.15) is 17.4 Å². The van der Waals surface area contributed by atoms with Crippen molar-refractivity contribution in [2.75, 3.05) is 0 Å². The summed E-state index contributed by atoms with van der Waals surface area (Å²) in [5.74, 6) is 0.245. The lowest BCUT2D eigenvalue weighted by atomic mass is 9.99. The van der Waals surface area contributed by atoms with Crippen molar-refractivity contribution in [1.82, 2.24) is 4.98 Å². The van der Waals surface area contributed by atoms with Crippen LogP contribution in [0.3, 0.4) is 0 Å². The van der Waals surface area contributed by atoms with Gasteiger partial charge in [0.05, 0.1) is 11.1 Å². The second kappa shape index (κ2) is 6.29. The largest absolute Gasteiger partial charge is 0.441 e. The number of aromatic nitrogens is 1. The Morgan fingerprint density at radius 3 is 2.62 bits per heavy atom. The van der Waals surface area contributed by atoms with Crippen molar-refractivity contribution in [1.29, 1.82) is 0 Å². The Labute approximate surface area is 147 Å². The first-order chi connectivity index (χ1) is 12.6. The molecule has 0 N–H and O–H groups in total. The van der Waals surface area contributed by atoms with Crippen LogP contribution in [0.5, 0.6) is 5.75 Å². The monoisotopic (exact) mass is 348 g/mol. The number of hydrogen-bond donors (Lipinski definition) is 0. The molecule has 128 valence electrons. The molecule has 0 aliphatic carbocycles. The van der Waals surface area contributed by atoms with E-state index in [1.165, 1.54) is 18.3 Å². The van der Waals surface area contributed by atoms with Gasteiger partial charge in [-0.15, -0.1) is 0 Å². The molecule has 1 aliphatic rings. The van der Waals surface area contributed by atoms with Gasteiger partial charge in [0.25, 0.3) is 5.69 Å². The molecule has 1 aliphatic heterocycles. The minimum atomic E-state index is -0.625. The maximum Gasteiger partial charge on any atom is 0.326 e. The van der Waals surface area contributed by atoms with E-state index >= 15 is 0 Å². The van der Waals surface area contributed by atoms with E-state index in [9.17, 15) is 14.9 Å². The maximum absolute atomic E-state index is 12.1. The Balaban J connectivity index is 1.55. The maximum atomic E-state index is 12.1. The molecule has 4 rings (SSSR count). The summed E-state index contributed by atoms with van der Waals surface area (Å²) in [5, 5.41) is 10.7. The lowest BCUT2D eigenvalue weighted by molar-refractivity contribution is -0.384. The van der Waals surface area contributed by atoms with Crippen LogP contribution < -0.4 is 4.74 Å². The van der Waals surface area contributed by atoms with Crippen molar-refractivity contribution in [3.8, 4) is 5.75 Å². The zero-order valence-electron chi connectivity index (χ0n) is 13.4. The van der Waals surface area contributed by atoms with E-state index in [1.807, 2.05) is 12.1 Å². The van der Waals surface area contributed by atoms with E-state index in [0.717, 1.165) is 11.1 Å². The lowest BCUT2D eigenvalue weighted by Crippen LogP contribution is -2.10. The van der Waals surface area contributed by atoms with Gasteiger partial charge < -0.3 is 9.15 Å². The van der Waals surface area contributed by atoms with Gasteiger partial charge in [0.15, 0.2) is 0 Å². The lowest BCUT2D eigenvalue weighted by Gasteiger charge is -2.01. The van der Waals surface area contributed by atoms with Crippen LogP contribution in [-0.4, -0.2) is 15.9 Å². The van der Waals surface area contributed by atoms with Gasteiger partial charge in [0.2, 0.25) is 5.89 Å². The quantitative estimate of drug-likeness (QED) is 0.308. The molecular weight excluding hydrogens is 336 g/mol. The predicted molar refractivity (Wildman–Crippen MR) is 92.4 cm³/mol. The van der Waals surface area contributed by atoms with Crippen molar-refractivity contribution in [3.05, 3.63) is 87.6 Å². The zero-order valence-corrected chi connectivity index (χ0v) is 13.4. The number of nitrogens with zero attached hydrogens (tertiary/aromatic N) is 2. The van der Waals surface area contributed by atoms with Gasteiger partial charge in [-0.3, -0.25) is 14.9 Å². The number of benzene rings is 2. The summed E-state index contributed by atoms with van der Waals surface area (Å²) in [7, 11) is 0. The molecule has 1 unspecified atom stereocenters. The summed E-state index contributed by atoms with van der Waals surface area (Å²) >= 11 is 0. The SMILES string of the molecule is O=C1Oc2ccccc2C1c1cnc(/C=C/c2ccc([N+](=O)[O-])cc2)o1. The van der Waals surface area contributed by atoms with Gasteiger partial charge >= 0.3 is 5.97 Å². The number of rotatable bonds is 4. The highest BCUT2D eigenvalue weighted by molar-refractivity contribution is 5.88. The number of ether oxygens (including phenoxy) is 1. The second-order valence-electron chi connectivity index (χ2n) is 5.67. The first-order valence-electron chi connectivity index (χ1n) is 7.81. The number of fused-ring (bicyclic) bond motifs is 1. The summed E-state index contributed by atoms with van der Waals surface area (Å²) in [6, 6.07) is 13.3. The molecule has 0 saturated heterocycles. The summed E-state index contributed by atoms with van der Waals surface area (Å²) in [4.78, 5) is 26.5. The van der Waals surface area contributed by atoms with Gasteiger partial charge in [0, 0.05) is 23.8 Å². The summed E-state index contributed by atoms with van der Waals surface area (Å²) in [5.41, 5.74) is 1.54. The fourth-order valence-electron chi connectivity index (χ4n) is 2.76. The second-order valence-corrected chi connectivity index (χ2v) is 5.67. The fourth-order valence-corrected chi connectivity index (χ4v) is 2.76. The van der Waals surface area contributed by atoms with Crippen LogP contribution in [0.4, 0.5) is 5.69 Å². The molecule has 0 bridgehead atoms. The highest BCUT2D eigenvalue weighted by atomic mass is 16.6. The van der Waals surface area contributed by atoms with Crippen molar-refractivity contribution >= 4 is 23.8 Å². The number of non-ortho nitro benzene ring substituents is 1. The van der Waals surface area contributed by atoms with Gasteiger partial charge in [-0.2, -0.15) is 0 Å². The normalized spacial score (nSPS) is 15.8. The minimum Gasteiger partial charge on any atom is -0.441 e. The van der Waals surface area contributed by atoms with E-state index in [1.54, 1.807) is 36.4 Å². The molecule has 0 spiro atoms. The molecule has 1 atom stereocenters. The van der Waals surface area contributed by atoms with Crippen LogP contribution in [0.1, 0.15) is 28.7 Å². The van der Waals surface area contributed by atoms with E-state index in [0.29, 0.717) is 17.4 Å². The molecule has 2 aromatic carbocycles. The molecular formula is C19H12N2O5. The van der Waals surface area contributed by atoms with Crippen LogP contribution in [0, 0.1) is 10.1 Å². The summed E-state index contributed by atoms with van der Waals surface area (Å²) in [6.07, 6.45) is 4.86. The van der Waals surface area contributed by atoms with Crippen molar-refractivity contribution in [3.63, 3.8) is 0 Å². The third-order valence-electron chi connectivity index (χ3n) is 4.02. The third kappa shape index (κ3) is 2.86. The number of carbonyl (C=O) groups excluding carboxylic acids is 1. The van der Waals surface area contributed by atoms with E-state index < -0.39 is 16.8 Å². The fraction of sp³-hybridized carbons (Fsp3) is 0.0526. The molecule has 0 saturated carbocycles. The molecule has 0 fully saturated rings. The Morgan fingerprint density at radius 2 is 1.85 bits per heavy atom. The number of nitro groups is 1. The average molecular weight is 348 g/mol. The Bertz CT molecular complexity index is 1020. The van der Waals surface area contributed by atoms with Crippen LogP contribution >= 0.6 is 0 Å². The van der Waals surface area contributed by atoms with E-state index in [4.69, 9.17) is 9.15 Å². The molecule has 2 heterocycles. The van der Waals surface area contributed by atoms with E-state index in [2.05, 4.69) is 4.98 Å². The van der Waals surface area contributed by atoms with Crippen LogP contribution in [-0.2, 0) is 4.79 Å². The smallest absolute Gasteiger partial charge is 0.326 e. The van der Waals surface area contributed by atoms with Gasteiger partial charge in [-0.1, -0.05) is 18.2 Å².